The van der Waals surface area contributed by atoms with Crippen molar-refractivity contribution in [2.24, 2.45) is 0 Å². The molecule has 2 heterocycles. The van der Waals surface area contributed by atoms with Crippen LogP contribution in [0, 0.1) is 0 Å². The molecule has 1 aromatic carbocycles. The van der Waals surface area contributed by atoms with Crippen LogP contribution < -0.4 is 16.1 Å². The summed E-state index contributed by atoms with van der Waals surface area (Å²) >= 11 is 0. The number of hydrogen-bond donors (Lipinski definition) is 2. The van der Waals surface area contributed by atoms with Gasteiger partial charge in [0.2, 0.25) is 0 Å². The second kappa shape index (κ2) is 6.10. The number of carbonyl (C=O) groups excluding carboxylic acids is 1. The standard InChI is InChI=1S/C16H18N2O3/c19-13-10-15(21-14-6-2-1-5-12(13)14)16(20)18-9-7-11-4-3-8-17-11/h1-2,5-6,10-11,17H,3-4,7-9H2,(H,18,20). The van der Waals surface area contributed by atoms with Crippen molar-refractivity contribution >= 4 is 16.9 Å². The van der Waals surface area contributed by atoms with Crippen molar-refractivity contribution in [2.75, 3.05) is 13.1 Å². The van der Waals surface area contributed by atoms with Gasteiger partial charge < -0.3 is 15.1 Å². The van der Waals surface area contributed by atoms with Gasteiger partial charge in [-0.2, -0.15) is 0 Å². The smallest absolute Gasteiger partial charge is 0.287 e. The quantitative estimate of drug-likeness (QED) is 0.897. The highest BCUT2D eigenvalue weighted by molar-refractivity contribution is 5.93. The van der Waals surface area contributed by atoms with Crippen molar-refractivity contribution in [3.8, 4) is 0 Å². The molecule has 5 heteroatoms. The van der Waals surface area contributed by atoms with Crippen LogP contribution >= 0.6 is 0 Å². The van der Waals surface area contributed by atoms with Crippen molar-refractivity contribution in [3.63, 3.8) is 0 Å². The molecule has 1 aromatic heterocycles. The molecule has 1 saturated heterocycles. The van der Waals surface area contributed by atoms with Crippen LogP contribution in [0.5, 0.6) is 0 Å². The number of carbonyl (C=O) groups is 1. The molecule has 1 fully saturated rings. The molecule has 1 atom stereocenters. The molecule has 1 amide bonds. The van der Waals surface area contributed by atoms with E-state index in [1.165, 1.54) is 12.5 Å². The monoisotopic (exact) mass is 286 g/mol. The minimum atomic E-state index is -0.337. The van der Waals surface area contributed by atoms with Crippen LogP contribution in [0.1, 0.15) is 29.8 Å². The number of hydrogen-bond acceptors (Lipinski definition) is 4. The number of amides is 1. The van der Waals surface area contributed by atoms with Gasteiger partial charge in [0, 0.05) is 18.7 Å². The highest BCUT2D eigenvalue weighted by Crippen LogP contribution is 2.12. The molecular formula is C16H18N2O3. The Hall–Kier alpha value is -2.14. The SMILES string of the molecule is O=C(NCCC1CCCN1)c1cc(=O)c2ccccc2o1. The predicted molar refractivity (Wildman–Crippen MR) is 80.5 cm³/mol. The lowest BCUT2D eigenvalue weighted by Gasteiger charge is -2.10. The first-order valence-corrected chi connectivity index (χ1v) is 7.28. The first-order valence-electron chi connectivity index (χ1n) is 7.28. The molecule has 2 aromatic rings. The fourth-order valence-electron chi connectivity index (χ4n) is 2.67. The summed E-state index contributed by atoms with van der Waals surface area (Å²) in [7, 11) is 0. The van der Waals surface area contributed by atoms with Gasteiger partial charge in [0.15, 0.2) is 11.2 Å². The third kappa shape index (κ3) is 3.13. The fourth-order valence-corrected chi connectivity index (χ4v) is 2.67. The molecule has 0 spiro atoms. The van der Waals surface area contributed by atoms with Crippen molar-refractivity contribution in [3.05, 3.63) is 46.3 Å². The summed E-state index contributed by atoms with van der Waals surface area (Å²) in [5.74, 6) is -0.270. The van der Waals surface area contributed by atoms with Gasteiger partial charge in [-0.3, -0.25) is 9.59 Å². The Bertz CT molecular complexity index is 702. The average molecular weight is 286 g/mol. The van der Waals surface area contributed by atoms with Gasteiger partial charge in [0.1, 0.15) is 5.58 Å². The zero-order valence-electron chi connectivity index (χ0n) is 11.7. The Morgan fingerprint density at radius 2 is 2.24 bits per heavy atom. The van der Waals surface area contributed by atoms with E-state index in [1.807, 2.05) is 0 Å². The average Bonchev–Trinajstić information content (AvgIpc) is 3.00. The molecule has 110 valence electrons. The van der Waals surface area contributed by atoms with E-state index in [0.29, 0.717) is 23.6 Å². The van der Waals surface area contributed by atoms with Crippen molar-refractivity contribution in [1.29, 1.82) is 0 Å². The summed E-state index contributed by atoms with van der Waals surface area (Å²) in [6, 6.07) is 8.66. The van der Waals surface area contributed by atoms with Crippen molar-refractivity contribution in [1.82, 2.24) is 10.6 Å². The van der Waals surface area contributed by atoms with Crippen LogP contribution in [0.15, 0.2) is 39.5 Å². The molecule has 1 aliphatic heterocycles. The Morgan fingerprint density at radius 3 is 3.05 bits per heavy atom. The van der Waals surface area contributed by atoms with Crippen LogP contribution in [0.4, 0.5) is 0 Å². The van der Waals surface area contributed by atoms with Gasteiger partial charge in [-0.25, -0.2) is 0 Å². The Labute approximate surface area is 122 Å². The molecule has 1 unspecified atom stereocenters. The highest BCUT2D eigenvalue weighted by Gasteiger charge is 2.15. The van der Waals surface area contributed by atoms with E-state index >= 15 is 0 Å². The molecule has 21 heavy (non-hydrogen) atoms. The van der Waals surface area contributed by atoms with Crippen LogP contribution in [-0.4, -0.2) is 25.0 Å². The molecule has 0 saturated carbocycles. The van der Waals surface area contributed by atoms with E-state index in [1.54, 1.807) is 24.3 Å². The number of rotatable bonds is 4. The lowest BCUT2D eigenvalue weighted by molar-refractivity contribution is 0.0925. The van der Waals surface area contributed by atoms with Gasteiger partial charge in [-0.1, -0.05) is 12.1 Å². The van der Waals surface area contributed by atoms with Crippen LogP contribution in [-0.2, 0) is 0 Å². The summed E-state index contributed by atoms with van der Waals surface area (Å²) < 4.78 is 5.50. The largest absolute Gasteiger partial charge is 0.451 e. The number of benzene rings is 1. The Kier molecular flexibility index (Phi) is 4.01. The normalized spacial score (nSPS) is 18.0. The maximum Gasteiger partial charge on any atom is 0.287 e. The van der Waals surface area contributed by atoms with Gasteiger partial charge in [0.05, 0.1) is 5.39 Å². The summed E-state index contributed by atoms with van der Waals surface area (Å²) in [5.41, 5.74) is 0.243. The molecule has 0 aliphatic carbocycles. The van der Waals surface area contributed by atoms with Crippen LogP contribution in [0.25, 0.3) is 11.0 Å². The minimum absolute atomic E-state index is 0.0677. The molecular weight excluding hydrogens is 268 g/mol. The third-order valence-corrected chi connectivity index (χ3v) is 3.80. The Balaban J connectivity index is 1.68. The van der Waals surface area contributed by atoms with Gasteiger partial charge in [-0.15, -0.1) is 0 Å². The molecule has 0 radical (unpaired) electrons. The maximum atomic E-state index is 12.1. The predicted octanol–water partition coefficient (Wildman–Crippen LogP) is 1.66. The second-order valence-corrected chi connectivity index (χ2v) is 5.31. The lowest BCUT2D eigenvalue weighted by atomic mass is 10.1. The van der Waals surface area contributed by atoms with E-state index in [9.17, 15) is 9.59 Å². The molecule has 0 bridgehead atoms. The molecule has 3 rings (SSSR count). The fraction of sp³-hybridized carbons (Fsp3) is 0.375. The summed E-state index contributed by atoms with van der Waals surface area (Å²) in [6.45, 7) is 1.63. The van der Waals surface area contributed by atoms with E-state index in [0.717, 1.165) is 19.4 Å². The highest BCUT2D eigenvalue weighted by atomic mass is 16.3. The zero-order chi connectivity index (χ0) is 14.7. The summed E-state index contributed by atoms with van der Waals surface area (Å²) in [5, 5.41) is 6.67. The summed E-state index contributed by atoms with van der Waals surface area (Å²) in [4.78, 5) is 24.0. The number of nitrogens with one attached hydrogen (secondary N) is 2. The number of fused-ring (bicyclic) bond motifs is 1. The van der Waals surface area contributed by atoms with E-state index in [4.69, 9.17) is 4.42 Å². The zero-order valence-corrected chi connectivity index (χ0v) is 11.7. The molecule has 2 N–H and O–H groups in total. The minimum Gasteiger partial charge on any atom is -0.451 e. The maximum absolute atomic E-state index is 12.1. The number of para-hydroxylation sites is 1. The summed E-state index contributed by atoms with van der Waals surface area (Å²) in [6.07, 6.45) is 3.24. The van der Waals surface area contributed by atoms with Gasteiger partial charge >= 0.3 is 0 Å². The van der Waals surface area contributed by atoms with E-state index in [2.05, 4.69) is 10.6 Å². The lowest BCUT2D eigenvalue weighted by Crippen LogP contribution is -2.31. The first kappa shape index (κ1) is 13.8. The van der Waals surface area contributed by atoms with Gasteiger partial charge in [-0.05, 0) is 37.9 Å². The van der Waals surface area contributed by atoms with Crippen LogP contribution in [0.3, 0.4) is 0 Å². The Morgan fingerprint density at radius 1 is 1.38 bits per heavy atom. The van der Waals surface area contributed by atoms with Crippen LogP contribution in [0.2, 0.25) is 0 Å². The van der Waals surface area contributed by atoms with E-state index in [-0.39, 0.29) is 17.1 Å². The van der Waals surface area contributed by atoms with E-state index < -0.39 is 0 Å². The van der Waals surface area contributed by atoms with Crippen molar-refractivity contribution in [2.45, 2.75) is 25.3 Å². The van der Waals surface area contributed by atoms with Crippen molar-refractivity contribution < 1.29 is 9.21 Å². The topological polar surface area (TPSA) is 71.3 Å². The first-order chi connectivity index (χ1) is 10.2. The second-order valence-electron chi connectivity index (χ2n) is 5.31. The third-order valence-electron chi connectivity index (χ3n) is 3.80. The van der Waals surface area contributed by atoms with Gasteiger partial charge in [0.25, 0.3) is 5.91 Å². The molecule has 5 nitrogen and oxygen atoms in total. The molecule has 1 aliphatic rings.